The van der Waals surface area contributed by atoms with Gasteiger partial charge in [-0.05, 0) is 19.3 Å². The van der Waals surface area contributed by atoms with Gasteiger partial charge in [-0.2, -0.15) is 5.10 Å². The molecule has 2 aliphatic carbocycles. The molecule has 6 heteroatoms. The van der Waals surface area contributed by atoms with Crippen molar-refractivity contribution in [2.45, 2.75) is 37.2 Å². The van der Waals surface area contributed by atoms with Crippen molar-refractivity contribution in [1.29, 1.82) is 0 Å². The number of carbonyl (C=O) groups is 1. The molecule has 0 aromatic carbocycles. The number of hydrogen-bond donors (Lipinski definition) is 2. The lowest BCUT2D eigenvalue weighted by atomic mass is 9.85. The number of methoxy groups -OCH3 is 1. The summed E-state index contributed by atoms with van der Waals surface area (Å²) in [7, 11) is 1.56. The highest BCUT2D eigenvalue weighted by Gasteiger charge is 2.60. The molecule has 3 rings (SSSR count). The number of hydrogen-bond acceptors (Lipinski definition) is 4. The molecule has 1 aromatic rings. The third-order valence-electron chi connectivity index (χ3n) is 4.24. The number of rotatable bonds is 4. The number of carboxylic acid groups (broad SMARTS) is 1. The normalized spacial score (nSPS) is 32.8. The van der Waals surface area contributed by atoms with Gasteiger partial charge in [-0.1, -0.05) is 6.92 Å². The van der Waals surface area contributed by atoms with Gasteiger partial charge in [0.1, 0.15) is 12.4 Å². The predicted octanol–water partition coefficient (Wildman–Crippen LogP) is 1.38. The van der Waals surface area contributed by atoms with Crippen molar-refractivity contribution >= 4 is 5.97 Å². The Hall–Kier alpha value is -1.40. The number of nitrogens with zero attached hydrogens (tertiary/aromatic N) is 1. The molecular formula is C12H16N2O4. The lowest BCUT2D eigenvalue weighted by Crippen LogP contribution is -2.28. The number of aromatic nitrogens is 2. The Labute approximate surface area is 104 Å². The molecule has 0 saturated heterocycles. The smallest absolute Gasteiger partial charge is 0.356 e. The van der Waals surface area contributed by atoms with Gasteiger partial charge in [-0.25, -0.2) is 4.79 Å². The van der Waals surface area contributed by atoms with Crippen LogP contribution in [-0.2, 0) is 20.5 Å². The summed E-state index contributed by atoms with van der Waals surface area (Å²) in [4.78, 5) is 11.2. The van der Waals surface area contributed by atoms with Gasteiger partial charge in [-0.3, -0.25) is 5.10 Å². The molecule has 2 aliphatic rings. The summed E-state index contributed by atoms with van der Waals surface area (Å²) in [6.07, 6.45) is 2.60. The number of nitrogens with one attached hydrogen (secondary N) is 1. The SMILES string of the molecule is COCOC12CCC(C)(C1)c1[nH]nc(C(=O)O)c12. The van der Waals surface area contributed by atoms with Crippen molar-refractivity contribution < 1.29 is 19.4 Å². The summed E-state index contributed by atoms with van der Waals surface area (Å²) in [6.45, 7) is 2.29. The van der Waals surface area contributed by atoms with Crippen molar-refractivity contribution in [3.8, 4) is 0 Å². The fourth-order valence-electron chi connectivity index (χ4n) is 3.46. The van der Waals surface area contributed by atoms with Crippen molar-refractivity contribution in [1.82, 2.24) is 10.2 Å². The van der Waals surface area contributed by atoms with Crippen LogP contribution in [0.2, 0.25) is 0 Å². The van der Waals surface area contributed by atoms with E-state index in [2.05, 4.69) is 17.1 Å². The lowest BCUT2D eigenvalue weighted by Gasteiger charge is -2.27. The van der Waals surface area contributed by atoms with Crippen LogP contribution in [0.25, 0.3) is 0 Å². The molecule has 6 nitrogen and oxygen atoms in total. The standard InChI is InChI=1S/C12H16N2O4/c1-11-3-4-12(5-11,18-6-17-2)7-8(10(15)16)13-14-9(7)11/h3-6H2,1-2H3,(H,13,14)(H,15,16). The number of aromatic amines is 1. The molecular weight excluding hydrogens is 236 g/mol. The molecule has 0 amide bonds. The fraction of sp³-hybridized carbons (Fsp3) is 0.667. The van der Waals surface area contributed by atoms with Gasteiger partial charge in [0, 0.05) is 23.8 Å². The van der Waals surface area contributed by atoms with Crippen LogP contribution in [0.5, 0.6) is 0 Å². The molecule has 2 bridgehead atoms. The number of carboxylic acids is 1. The molecule has 0 spiro atoms. The molecule has 2 unspecified atom stereocenters. The van der Waals surface area contributed by atoms with Gasteiger partial charge in [0.05, 0.1) is 0 Å². The minimum Gasteiger partial charge on any atom is -0.476 e. The quantitative estimate of drug-likeness (QED) is 0.791. The van der Waals surface area contributed by atoms with Crippen molar-refractivity contribution in [2.24, 2.45) is 0 Å². The van der Waals surface area contributed by atoms with Crippen LogP contribution >= 0.6 is 0 Å². The van der Waals surface area contributed by atoms with Crippen LogP contribution in [0.1, 0.15) is 47.9 Å². The maximum absolute atomic E-state index is 11.2. The van der Waals surface area contributed by atoms with Crippen LogP contribution < -0.4 is 0 Å². The van der Waals surface area contributed by atoms with Crippen LogP contribution in [0.3, 0.4) is 0 Å². The van der Waals surface area contributed by atoms with Crippen molar-refractivity contribution in [3.63, 3.8) is 0 Å². The van der Waals surface area contributed by atoms with Crippen molar-refractivity contribution in [3.05, 3.63) is 17.0 Å². The highest BCUT2D eigenvalue weighted by Crippen LogP contribution is 2.61. The summed E-state index contributed by atoms with van der Waals surface area (Å²) in [5.74, 6) is -1.01. The Kier molecular flexibility index (Phi) is 2.30. The largest absolute Gasteiger partial charge is 0.476 e. The van der Waals surface area contributed by atoms with E-state index < -0.39 is 11.6 Å². The monoisotopic (exact) mass is 252 g/mol. The first kappa shape index (κ1) is 11.7. The Morgan fingerprint density at radius 2 is 2.33 bits per heavy atom. The zero-order chi connectivity index (χ0) is 13.0. The second-order valence-corrected chi connectivity index (χ2v) is 5.41. The van der Waals surface area contributed by atoms with E-state index in [0.29, 0.717) is 0 Å². The van der Waals surface area contributed by atoms with E-state index in [1.54, 1.807) is 7.11 Å². The molecule has 1 fully saturated rings. The molecule has 1 saturated carbocycles. The fourth-order valence-corrected chi connectivity index (χ4v) is 3.46. The second-order valence-electron chi connectivity index (χ2n) is 5.41. The van der Waals surface area contributed by atoms with Gasteiger partial charge in [0.2, 0.25) is 0 Å². The van der Waals surface area contributed by atoms with Crippen LogP contribution in [0.4, 0.5) is 0 Å². The predicted molar refractivity (Wildman–Crippen MR) is 61.4 cm³/mol. The third-order valence-corrected chi connectivity index (χ3v) is 4.24. The van der Waals surface area contributed by atoms with Crippen LogP contribution in [0.15, 0.2) is 0 Å². The first-order valence-corrected chi connectivity index (χ1v) is 5.98. The summed E-state index contributed by atoms with van der Waals surface area (Å²) in [5, 5.41) is 16.0. The summed E-state index contributed by atoms with van der Waals surface area (Å²) in [6, 6.07) is 0. The van der Waals surface area contributed by atoms with E-state index in [1.807, 2.05) is 0 Å². The number of ether oxygens (including phenoxy) is 2. The molecule has 2 N–H and O–H groups in total. The highest BCUT2D eigenvalue weighted by atomic mass is 16.7. The zero-order valence-corrected chi connectivity index (χ0v) is 10.4. The average molecular weight is 252 g/mol. The Balaban J connectivity index is 2.10. The summed E-state index contributed by atoms with van der Waals surface area (Å²) in [5.41, 5.74) is 1.14. The molecule has 0 aliphatic heterocycles. The minimum absolute atomic E-state index is 0.0518. The number of aromatic carboxylic acids is 1. The van der Waals surface area contributed by atoms with E-state index >= 15 is 0 Å². The molecule has 1 heterocycles. The van der Waals surface area contributed by atoms with Crippen molar-refractivity contribution in [2.75, 3.05) is 13.9 Å². The van der Waals surface area contributed by atoms with E-state index in [9.17, 15) is 9.90 Å². The van der Waals surface area contributed by atoms with Crippen LogP contribution in [0, 0.1) is 0 Å². The highest BCUT2D eigenvalue weighted by molar-refractivity contribution is 5.88. The van der Waals surface area contributed by atoms with E-state index in [-0.39, 0.29) is 17.9 Å². The molecule has 2 atom stereocenters. The maximum atomic E-state index is 11.2. The molecule has 18 heavy (non-hydrogen) atoms. The van der Waals surface area contributed by atoms with E-state index in [4.69, 9.17) is 9.47 Å². The number of H-pyrrole nitrogens is 1. The first-order chi connectivity index (χ1) is 8.52. The Morgan fingerprint density at radius 3 is 3.00 bits per heavy atom. The van der Waals surface area contributed by atoms with Gasteiger partial charge in [0.25, 0.3) is 0 Å². The lowest BCUT2D eigenvalue weighted by molar-refractivity contribution is -0.131. The molecule has 98 valence electrons. The topological polar surface area (TPSA) is 84.4 Å². The Morgan fingerprint density at radius 1 is 1.56 bits per heavy atom. The summed E-state index contributed by atoms with van der Waals surface area (Å²) >= 11 is 0. The molecule has 0 radical (unpaired) electrons. The second kappa shape index (κ2) is 3.55. The average Bonchev–Trinajstić information content (AvgIpc) is 2.94. The molecule has 1 aromatic heterocycles. The summed E-state index contributed by atoms with van der Waals surface area (Å²) < 4.78 is 10.8. The third kappa shape index (κ3) is 1.30. The Bertz CT molecular complexity index is 512. The van der Waals surface area contributed by atoms with Gasteiger partial charge in [-0.15, -0.1) is 0 Å². The maximum Gasteiger partial charge on any atom is 0.356 e. The zero-order valence-electron chi connectivity index (χ0n) is 10.4. The van der Waals surface area contributed by atoms with E-state index in [1.165, 1.54) is 0 Å². The minimum atomic E-state index is -1.01. The van der Waals surface area contributed by atoms with E-state index in [0.717, 1.165) is 30.5 Å². The van der Waals surface area contributed by atoms with Crippen LogP contribution in [-0.4, -0.2) is 35.2 Å². The first-order valence-electron chi connectivity index (χ1n) is 5.98. The number of fused-ring (bicyclic) bond motifs is 5. The van der Waals surface area contributed by atoms with Gasteiger partial charge >= 0.3 is 5.97 Å². The van der Waals surface area contributed by atoms with Gasteiger partial charge < -0.3 is 14.6 Å². The van der Waals surface area contributed by atoms with Gasteiger partial charge in [0.15, 0.2) is 5.69 Å².